The Bertz CT molecular complexity index is 764. The van der Waals surface area contributed by atoms with Crippen LogP contribution < -0.4 is 5.32 Å². The highest BCUT2D eigenvalue weighted by Crippen LogP contribution is 2.30. The van der Waals surface area contributed by atoms with E-state index in [4.69, 9.17) is 0 Å². The Hall–Kier alpha value is -2.01. The van der Waals surface area contributed by atoms with E-state index < -0.39 is 6.10 Å². The summed E-state index contributed by atoms with van der Waals surface area (Å²) < 4.78 is 0. The Morgan fingerprint density at radius 2 is 2.16 bits per heavy atom. The summed E-state index contributed by atoms with van der Waals surface area (Å²) in [7, 11) is 0. The maximum absolute atomic E-state index is 12.7. The third-order valence-electron chi connectivity index (χ3n) is 5.02. The number of aryl methyl sites for hydroxylation is 2. The van der Waals surface area contributed by atoms with Gasteiger partial charge >= 0.3 is 6.03 Å². The van der Waals surface area contributed by atoms with Gasteiger partial charge in [0.1, 0.15) is 0 Å². The maximum atomic E-state index is 12.7. The molecule has 3 N–H and O–H groups in total. The van der Waals surface area contributed by atoms with Crippen molar-refractivity contribution < 1.29 is 9.90 Å². The first kappa shape index (κ1) is 17.8. The van der Waals surface area contributed by atoms with Crippen LogP contribution in [0, 0.1) is 6.92 Å². The first-order valence-electron chi connectivity index (χ1n) is 9.20. The monoisotopic (exact) mass is 343 g/mol. The highest BCUT2D eigenvalue weighted by molar-refractivity contribution is 5.86. The van der Waals surface area contributed by atoms with Crippen molar-refractivity contribution in [3.63, 3.8) is 0 Å². The molecule has 3 rings (SSSR count). The molecule has 2 aromatic rings. The van der Waals surface area contributed by atoms with Crippen LogP contribution in [0.4, 0.5) is 4.79 Å². The molecule has 136 valence electrons. The van der Waals surface area contributed by atoms with Gasteiger partial charge in [-0.1, -0.05) is 11.6 Å². The second-order valence-electron chi connectivity index (χ2n) is 7.62. The molecule has 0 spiro atoms. The molecular weight excluding hydrogens is 314 g/mol. The van der Waals surface area contributed by atoms with Crippen LogP contribution in [0.3, 0.4) is 0 Å². The smallest absolute Gasteiger partial charge is 0.317 e. The average Bonchev–Trinajstić information content (AvgIpc) is 2.89. The fraction of sp³-hybridized carbons (Fsp3) is 0.550. The van der Waals surface area contributed by atoms with Crippen molar-refractivity contribution in [3.05, 3.63) is 35.0 Å². The van der Waals surface area contributed by atoms with Crippen LogP contribution in [-0.2, 0) is 12.8 Å². The number of urea groups is 1. The number of rotatable bonds is 4. The van der Waals surface area contributed by atoms with Crippen LogP contribution in [0.5, 0.6) is 0 Å². The molecule has 1 aromatic carbocycles. The summed E-state index contributed by atoms with van der Waals surface area (Å²) in [4.78, 5) is 17.9. The second-order valence-corrected chi connectivity index (χ2v) is 7.62. The summed E-state index contributed by atoms with van der Waals surface area (Å²) in [5.74, 6) is 0. The number of aromatic amines is 1. The number of amides is 2. The molecule has 0 fully saturated rings. The standard InChI is InChI=1S/C20H29N3O2/c1-12(2)23(11-14(4)24)20(25)21-15-6-8-19-17(10-15)16-9-13(3)5-7-18(16)22-19/h5,7,9,12,14-15,22,24H,6,8,10-11H2,1-4H3,(H,21,25). The Labute approximate surface area is 149 Å². The highest BCUT2D eigenvalue weighted by Gasteiger charge is 2.26. The predicted molar refractivity (Wildman–Crippen MR) is 101 cm³/mol. The molecule has 2 atom stereocenters. The van der Waals surface area contributed by atoms with Crippen LogP contribution >= 0.6 is 0 Å². The quantitative estimate of drug-likeness (QED) is 0.798. The van der Waals surface area contributed by atoms with E-state index in [-0.39, 0.29) is 18.1 Å². The number of nitrogens with one attached hydrogen (secondary N) is 2. The molecule has 1 aromatic heterocycles. The summed E-state index contributed by atoms with van der Waals surface area (Å²) in [6.45, 7) is 8.13. The van der Waals surface area contributed by atoms with Gasteiger partial charge in [0.05, 0.1) is 6.10 Å². The fourth-order valence-corrected chi connectivity index (χ4v) is 3.72. The third kappa shape index (κ3) is 3.82. The summed E-state index contributed by atoms with van der Waals surface area (Å²) in [6, 6.07) is 6.60. The third-order valence-corrected chi connectivity index (χ3v) is 5.02. The lowest BCUT2D eigenvalue weighted by molar-refractivity contribution is 0.117. The Kier molecular flexibility index (Phi) is 5.04. The van der Waals surface area contributed by atoms with E-state index in [0.29, 0.717) is 6.54 Å². The number of aliphatic hydroxyl groups is 1. The molecule has 0 saturated carbocycles. The van der Waals surface area contributed by atoms with E-state index in [9.17, 15) is 9.90 Å². The molecule has 0 aliphatic heterocycles. The van der Waals surface area contributed by atoms with Crippen molar-refractivity contribution in [3.8, 4) is 0 Å². The number of fused-ring (bicyclic) bond motifs is 3. The van der Waals surface area contributed by atoms with Gasteiger partial charge in [0.25, 0.3) is 0 Å². The van der Waals surface area contributed by atoms with Crippen molar-refractivity contribution in [1.29, 1.82) is 0 Å². The molecule has 0 saturated heterocycles. The molecule has 2 unspecified atom stereocenters. The van der Waals surface area contributed by atoms with Crippen LogP contribution in [0.1, 0.15) is 44.0 Å². The molecule has 1 aliphatic carbocycles. The number of carbonyl (C=O) groups excluding carboxylic acids is 1. The van der Waals surface area contributed by atoms with E-state index in [2.05, 4.69) is 35.4 Å². The zero-order valence-corrected chi connectivity index (χ0v) is 15.6. The van der Waals surface area contributed by atoms with Gasteiger partial charge in [-0.2, -0.15) is 0 Å². The lowest BCUT2D eigenvalue weighted by atomic mass is 9.91. The number of hydrogen-bond acceptors (Lipinski definition) is 2. The Balaban J connectivity index is 1.75. The minimum Gasteiger partial charge on any atom is -0.392 e. The second kappa shape index (κ2) is 7.08. The largest absolute Gasteiger partial charge is 0.392 e. The summed E-state index contributed by atoms with van der Waals surface area (Å²) in [5.41, 5.74) is 5.07. The van der Waals surface area contributed by atoms with Gasteiger partial charge in [-0.15, -0.1) is 0 Å². The first-order valence-corrected chi connectivity index (χ1v) is 9.20. The zero-order chi connectivity index (χ0) is 18.1. The molecular formula is C20H29N3O2. The van der Waals surface area contributed by atoms with Crippen molar-refractivity contribution >= 4 is 16.9 Å². The maximum Gasteiger partial charge on any atom is 0.317 e. The van der Waals surface area contributed by atoms with Crippen LogP contribution in [0.2, 0.25) is 0 Å². The lowest BCUT2D eigenvalue weighted by Gasteiger charge is -2.31. The SMILES string of the molecule is Cc1ccc2[nH]c3c(c2c1)CC(NC(=O)N(CC(C)O)C(C)C)CC3. The van der Waals surface area contributed by atoms with E-state index in [1.54, 1.807) is 11.8 Å². The van der Waals surface area contributed by atoms with Gasteiger partial charge in [0.15, 0.2) is 0 Å². The number of benzene rings is 1. The van der Waals surface area contributed by atoms with Gasteiger partial charge < -0.3 is 20.3 Å². The minimum atomic E-state index is -0.525. The molecule has 1 heterocycles. The van der Waals surface area contributed by atoms with Gasteiger partial charge in [0.2, 0.25) is 0 Å². The molecule has 25 heavy (non-hydrogen) atoms. The summed E-state index contributed by atoms with van der Waals surface area (Å²) in [6.07, 6.45) is 2.21. The van der Waals surface area contributed by atoms with Crippen molar-refractivity contribution in [1.82, 2.24) is 15.2 Å². The van der Waals surface area contributed by atoms with Crippen molar-refractivity contribution in [2.45, 2.75) is 65.1 Å². The number of nitrogens with zero attached hydrogens (tertiary/aromatic N) is 1. The highest BCUT2D eigenvalue weighted by atomic mass is 16.3. The van der Waals surface area contributed by atoms with Gasteiger partial charge in [0, 0.05) is 35.2 Å². The lowest BCUT2D eigenvalue weighted by Crippen LogP contribution is -2.51. The van der Waals surface area contributed by atoms with E-state index >= 15 is 0 Å². The van der Waals surface area contributed by atoms with Gasteiger partial charge in [-0.3, -0.25) is 0 Å². The van der Waals surface area contributed by atoms with Crippen molar-refractivity contribution in [2.24, 2.45) is 0 Å². The zero-order valence-electron chi connectivity index (χ0n) is 15.6. The van der Waals surface area contributed by atoms with Crippen molar-refractivity contribution in [2.75, 3.05) is 6.54 Å². The topological polar surface area (TPSA) is 68.4 Å². The molecule has 2 amide bonds. The van der Waals surface area contributed by atoms with Crippen LogP contribution in [-0.4, -0.2) is 45.8 Å². The first-order chi connectivity index (χ1) is 11.8. The number of aromatic nitrogens is 1. The predicted octanol–water partition coefficient (Wildman–Crippen LogP) is 3.13. The molecule has 1 aliphatic rings. The van der Waals surface area contributed by atoms with Gasteiger partial charge in [-0.05, 0) is 64.7 Å². The van der Waals surface area contributed by atoms with Crippen LogP contribution in [0.25, 0.3) is 10.9 Å². The fourth-order valence-electron chi connectivity index (χ4n) is 3.72. The Morgan fingerprint density at radius 1 is 1.40 bits per heavy atom. The molecule has 5 heteroatoms. The number of H-pyrrole nitrogens is 1. The Morgan fingerprint density at radius 3 is 2.84 bits per heavy atom. The van der Waals surface area contributed by atoms with Gasteiger partial charge in [-0.25, -0.2) is 4.79 Å². The molecule has 0 radical (unpaired) electrons. The molecule has 0 bridgehead atoms. The average molecular weight is 343 g/mol. The van der Waals surface area contributed by atoms with E-state index in [1.165, 1.54) is 27.7 Å². The summed E-state index contributed by atoms with van der Waals surface area (Å²) in [5, 5.41) is 14.1. The minimum absolute atomic E-state index is 0.0597. The number of hydrogen-bond donors (Lipinski definition) is 3. The molecule has 5 nitrogen and oxygen atoms in total. The van der Waals surface area contributed by atoms with E-state index in [0.717, 1.165) is 19.3 Å². The van der Waals surface area contributed by atoms with Crippen LogP contribution in [0.15, 0.2) is 18.2 Å². The normalized spacial score (nSPS) is 18.2. The van der Waals surface area contributed by atoms with E-state index in [1.807, 2.05) is 13.8 Å². The number of aliphatic hydroxyl groups excluding tert-OH is 1. The number of carbonyl (C=O) groups is 1. The summed E-state index contributed by atoms with van der Waals surface area (Å²) >= 11 is 0.